The van der Waals surface area contributed by atoms with Crippen molar-refractivity contribution in [1.82, 2.24) is 0 Å². The third-order valence-electron chi connectivity index (χ3n) is 2.59. The van der Waals surface area contributed by atoms with Crippen LogP contribution in [-0.4, -0.2) is 18.2 Å². The second-order valence-electron chi connectivity index (χ2n) is 3.65. The smallest absolute Gasteiger partial charge is 0.456 e. The highest BCUT2D eigenvalue weighted by molar-refractivity contribution is 5.75. The molecule has 1 fully saturated rings. The highest BCUT2D eigenvalue weighted by atomic mass is 19.4. The summed E-state index contributed by atoms with van der Waals surface area (Å²) >= 11 is 0. The average molecular weight is 210 g/mol. The van der Waals surface area contributed by atoms with Crippen molar-refractivity contribution in [2.75, 3.05) is 0 Å². The van der Waals surface area contributed by atoms with Gasteiger partial charge in [-0.2, -0.15) is 13.2 Å². The van der Waals surface area contributed by atoms with Crippen LogP contribution in [0.25, 0.3) is 0 Å². The highest BCUT2D eigenvalue weighted by Gasteiger charge is 2.42. The van der Waals surface area contributed by atoms with E-state index in [2.05, 4.69) is 4.74 Å². The van der Waals surface area contributed by atoms with Gasteiger partial charge in [-0.15, -0.1) is 0 Å². The van der Waals surface area contributed by atoms with Gasteiger partial charge in [0.2, 0.25) is 0 Å². The molecule has 0 aliphatic heterocycles. The van der Waals surface area contributed by atoms with Crippen LogP contribution in [0.3, 0.4) is 0 Å². The van der Waals surface area contributed by atoms with Crippen molar-refractivity contribution in [3.8, 4) is 0 Å². The number of hydrogen-bond acceptors (Lipinski definition) is 2. The summed E-state index contributed by atoms with van der Waals surface area (Å²) in [6, 6.07) is 0. The first-order valence-corrected chi connectivity index (χ1v) is 4.69. The molecule has 14 heavy (non-hydrogen) atoms. The van der Waals surface area contributed by atoms with Crippen LogP contribution in [0.1, 0.15) is 32.6 Å². The van der Waals surface area contributed by atoms with Gasteiger partial charge in [0, 0.05) is 0 Å². The molecular weight excluding hydrogens is 197 g/mol. The lowest BCUT2D eigenvalue weighted by Crippen LogP contribution is -2.31. The number of hydrogen-bond donors (Lipinski definition) is 0. The van der Waals surface area contributed by atoms with Crippen molar-refractivity contribution in [1.29, 1.82) is 0 Å². The lowest BCUT2D eigenvalue weighted by atomic mass is 10.0. The van der Waals surface area contributed by atoms with E-state index in [1.54, 1.807) is 0 Å². The van der Waals surface area contributed by atoms with Gasteiger partial charge in [0.25, 0.3) is 0 Å². The van der Waals surface area contributed by atoms with Gasteiger partial charge in [-0.3, -0.25) is 0 Å². The van der Waals surface area contributed by atoms with Crippen LogP contribution >= 0.6 is 0 Å². The molecule has 5 heteroatoms. The van der Waals surface area contributed by atoms with Gasteiger partial charge in [0.15, 0.2) is 0 Å². The van der Waals surface area contributed by atoms with Gasteiger partial charge in [-0.25, -0.2) is 4.79 Å². The topological polar surface area (TPSA) is 26.3 Å². The molecule has 0 spiro atoms. The second kappa shape index (κ2) is 4.19. The van der Waals surface area contributed by atoms with Gasteiger partial charge < -0.3 is 4.74 Å². The van der Waals surface area contributed by atoms with Crippen molar-refractivity contribution in [3.63, 3.8) is 0 Å². The van der Waals surface area contributed by atoms with Gasteiger partial charge in [0.1, 0.15) is 6.10 Å². The van der Waals surface area contributed by atoms with Gasteiger partial charge >= 0.3 is 12.1 Å². The standard InChI is InChI=1S/C9H13F3O2/c1-6(7-4-2-3-5-7)14-8(13)9(10,11)12/h6-7H,2-5H2,1H3. The fourth-order valence-electron chi connectivity index (χ4n) is 1.76. The number of rotatable bonds is 2. The number of carbonyl (C=O) groups is 1. The predicted octanol–water partition coefficient (Wildman–Crippen LogP) is 2.67. The Balaban J connectivity index is 2.39. The van der Waals surface area contributed by atoms with E-state index in [9.17, 15) is 18.0 Å². The SMILES string of the molecule is CC(OC(=O)C(F)(F)F)C1CCCC1. The normalized spacial score (nSPS) is 20.9. The molecule has 0 heterocycles. The average Bonchev–Trinajstić information content (AvgIpc) is 2.53. The maximum Gasteiger partial charge on any atom is 0.490 e. The minimum Gasteiger partial charge on any atom is -0.456 e. The van der Waals surface area contributed by atoms with E-state index in [0.29, 0.717) is 0 Å². The summed E-state index contributed by atoms with van der Waals surface area (Å²) in [5.74, 6) is -1.97. The van der Waals surface area contributed by atoms with Crippen molar-refractivity contribution in [3.05, 3.63) is 0 Å². The Kier molecular flexibility index (Phi) is 3.39. The number of halogens is 3. The first-order chi connectivity index (χ1) is 6.41. The van der Waals surface area contributed by atoms with Crippen LogP contribution < -0.4 is 0 Å². The zero-order valence-electron chi connectivity index (χ0n) is 7.93. The largest absolute Gasteiger partial charge is 0.490 e. The fraction of sp³-hybridized carbons (Fsp3) is 0.889. The molecule has 0 aromatic carbocycles. The first-order valence-electron chi connectivity index (χ1n) is 4.69. The van der Waals surface area contributed by atoms with Gasteiger partial charge in [-0.05, 0) is 25.7 Å². The zero-order valence-corrected chi connectivity index (χ0v) is 7.93. The molecule has 1 unspecified atom stereocenters. The Morgan fingerprint density at radius 1 is 1.36 bits per heavy atom. The maximum absolute atomic E-state index is 11.8. The van der Waals surface area contributed by atoms with Crippen LogP contribution in [0.2, 0.25) is 0 Å². The molecule has 1 aliphatic carbocycles. The summed E-state index contributed by atoms with van der Waals surface area (Å²) in [6.45, 7) is 1.53. The Morgan fingerprint density at radius 3 is 2.29 bits per heavy atom. The minimum absolute atomic E-state index is 0.0984. The van der Waals surface area contributed by atoms with Crippen molar-refractivity contribution in [2.45, 2.75) is 44.9 Å². The summed E-state index contributed by atoms with van der Waals surface area (Å²) in [7, 11) is 0. The summed E-state index contributed by atoms with van der Waals surface area (Å²) in [5, 5.41) is 0. The zero-order chi connectivity index (χ0) is 10.8. The Morgan fingerprint density at radius 2 is 1.86 bits per heavy atom. The molecule has 0 amide bonds. The maximum atomic E-state index is 11.8. The number of esters is 1. The molecule has 0 bridgehead atoms. The van der Waals surface area contributed by atoms with E-state index >= 15 is 0 Å². The molecule has 2 nitrogen and oxygen atoms in total. The molecule has 0 aromatic rings. The predicted molar refractivity (Wildman–Crippen MR) is 43.6 cm³/mol. The molecule has 0 radical (unpaired) electrons. The molecule has 0 saturated heterocycles. The summed E-state index contributed by atoms with van der Waals surface area (Å²) < 4.78 is 39.8. The fourth-order valence-corrected chi connectivity index (χ4v) is 1.76. The quantitative estimate of drug-likeness (QED) is 0.655. The molecule has 0 N–H and O–H groups in total. The first kappa shape index (κ1) is 11.3. The molecule has 0 aromatic heterocycles. The van der Waals surface area contributed by atoms with E-state index in [-0.39, 0.29) is 5.92 Å². The summed E-state index contributed by atoms with van der Waals surface area (Å²) in [4.78, 5) is 10.5. The molecular formula is C9H13F3O2. The van der Waals surface area contributed by atoms with E-state index in [4.69, 9.17) is 0 Å². The lowest BCUT2D eigenvalue weighted by Gasteiger charge is -2.19. The Labute approximate surface area is 80.4 Å². The Bertz CT molecular complexity index is 207. The monoisotopic (exact) mass is 210 g/mol. The van der Waals surface area contributed by atoms with Crippen LogP contribution in [-0.2, 0) is 9.53 Å². The molecule has 1 atom stereocenters. The van der Waals surface area contributed by atoms with Crippen LogP contribution in [0.5, 0.6) is 0 Å². The van der Waals surface area contributed by atoms with E-state index in [1.807, 2.05) is 0 Å². The second-order valence-corrected chi connectivity index (χ2v) is 3.65. The van der Waals surface area contributed by atoms with E-state index in [1.165, 1.54) is 6.92 Å². The van der Waals surface area contributed by atoms with Crippen molar-refractivity contribution >= 4 is 5.97 Å². The van der Waals surface area contributed by atoms with Crippen LogP contribution in [0.4, 0.5) is 13.2 Å². The van der Waals surface area contributed by atoms with E-state index < -0.39 is 18.2 Å². The van der Waals surface area contributed by atoms with Gasteiger partial charge in [-0.1, -0.05) is 12.8 Å². The van der Waals surface area contributed by atoms with Crippen LogP contribution in [0.15, 0.2) is 0 Å². The summed E-state index contributed by atoms with van der Waals surface area (Å²) in [6.07, 6.45) is -1.76. The lowest BCUT2D eigenvalue weighted by molar-refractivity contribution is -0.206. The van der Waals surface area contributed by atoms with Crippen molar-refractivity contribution in [2.24, 2.45) is 5.92 Å². The third-order valence-corrected chi connectivity index (χ3v) is 2.59. The number of ether oxygens (including phenoxy) is 1. The Hall–Kier alpha value is -0.740. The number of alkyl halides is 3. The minimum atomic E-state index is -4.87. The highest BCUT2D eigenvalue weighted by Crippen LogP contribution is 2.30. The molecule has 82 valence electrons. The number of carbonyl (C=O) groups excluding carboxylic acids is 1. The summed E-state index contributed by atoms with van der Waals surface area (Å²) in [5.41, 5.74) is 0. The van der Waals surface area contributed by atoms with E-state index in [0.717, 1.165) is 25.7 Å². The van der Waals surface area contributed by atoms with Crippen molar-refractivity contribution < 1.29 is 22.7 Å². The molecule has 1 rings (SSSR count). The van der Waals surface area contributed by atoms with Gasteiger partial charge in [0.05, 0.1) is 0 Å². The third kappa shape index (κ3) is 2.89. The van der Waals surface area contributed by atoms with Crippen LogP contribution in [0, 0.1) is 5.92 Å². The molecule has 1 saturated carbocycles. The molecule has 1 aliphatic rings.